The highest BCUT2D eigenvalue weighted by atomic mass is 15.3. The van der Waals surface area contributed by atoms with Crippen LogP contribution in [-0.2, 0) is 0 Å². The van der Waals surface area contributed by atoms with Gasteiger partial charge in [0.05, 0.1) is 18.9 Å². The second-order valence-corrected chi connectivity index (χ2v) is 7.73. The van der Waals surface area contributed by atoms with E-state index in [1.54, 1.807) is 0 Å². The van der Waals surface area contributed by atoms with Crippen LogP contribution in [0, 0.1) is 5.92 Å². The molecule has 2 fully saturated rings. The van der Waals surface area contributed by atoms with Crippen molar-refractivity contribution in [3.05, 3.63) is 18.7 Å². The van der Waals surface area contributed by atoms with Gasteiger partial charge in [-0.2, -0.15) is 0 Å². The summed E-state index contributed by atoms with van der Waals surface area (Å²) < 4.78 is 2.25. The zero-order valence-electron chi connectivity index (χ0n) is 16.2. The molecule has 3 rings (SSSR count). The fraction of sp³-hybridized carbons (Fsp3) is 0.789. The summed E-state index contributed by atoms with van der Waals surface area (Å²) in [4.78, 5) is 14.1. The van der Waals surface area contributed by atoms with E-state index in [0.717, 1.165) is 38.2 Å². The van der Waals surface area contributed by atoms with Crippen LogP contribution in [0.15, 0.2) is 23.7 Å². The third-order valence-electron chi connectivity index (χ3n) is 5.78. The van der Waals surface area contributed by atoms with Gasteiger partial charge >= 0.3 is 0 Å². The van der Waals surface area contributed by atoms with Crippen LogP contribution in [-0.4, -0.2) is 70.6 Å². The number of likely N-dealkylation sites (N-methyl/N-ethyl adjacent to an activating group) is 1. The summed E-state index contributed by atoms with van der Waals surface area (Å²) in [5.41, 5.74) is 0. The van der Waals surface area contributed by atoms with Gasteiger partial charge in [-0.15, -0.1) is 0 Å². The number of hydrogen-bond donors (Lipinski definition) is 1. The van der Waals surface area contributed by atoms with E-state index in [9.17, 15) is 0 Å². The lowest BCUT2D eigenvalue weighted by molar-refractivity contribution is 0.188. The minimum absolute atomic E-state index is 0.465. The minimum Gasteiger partial charge on any atom is -0.357 e. The molecule has 1 saturated heterocycles. The Kier molecular flexibility index (Phi) is 5.99. The summed E-state index contributed by atoms with van der Waals surface area (Å²) in [6.45, 7) is 10.6. The first-order chi connectivity index (χ1) is 12.1. The number of piperidine rings is 1. The van der Waals surface area contributed by atoms with Crippen LogP contribution in [0.2, 0.25) is 0 Å². The van der Waals surface area contributed by atoms with Gasteiger partial charge in [-0.05, 0) is 46.1 Å². The first-order valence-electron chi connectivity index (χ1n) is 9.82. The normalized spacial score (nSPS) is 26.1. The monoisotopic (exact) mass is 346 g/mol. The molecule has 1 aliphatic heterocycles. The Bertz CT molecular complexity index is 550. The molecule has 0 amide bonds. The average molecular weight is 347 g/mol. The fourth-order valence-corrected chi connectivity index (χ4v) is 3.71. The van der Waals surface area contributed by atoms with Crippen molar-refractivity contribution in [2.24, 2.45) is 10.9 Å². The first kappa shape index (κ1) is 18.2. The van der Waals surface area contributed by atoms with Crippen molar-refractivity contribution in [2.45, 2.75) is 58.2 Å². The molecule has 0 aromatic carbocycles. The van der Waals surface area contributed by atoms with Gasteiger partial charge in [-0.3, -0.25) is 9.89 Å². The van der Waals surface area contributed by atoms with E-state index in [1.165, 1.54) is 19.3 Å². The maximum Gasteiger partial charge on any atom is 0.194 e. The standard InChI is InChI=1S/C19H34N6/c1-5-21-19(22-12-16(3)23(4)17-6-7-17)24-10-8-15(2)18(13-24)25-11-9-20-14-25/h9,11,14-18H,5-8,10,12-13H2,1-4H3,(H,21,22). The number of aliphatic imine (C=N–C) groups is 1. The number of nitrogens with zero attached hydrogens (tertiary/aromatic N) is 5. The predicted octanol–water partition coefficient (Wildman–Crippen LogP) is 2.21. The number of likely N-dealkylation sites (tertiary alicyclic amines) is 1. The molecule has 2 heterocycles. The summed E-state index contributed by atoms with van der Waals surface area (Å²) in [6, 6.07) is 1.75. The molecule has 25 heavy (non-hydrogen) atoms. The molecule has 1 N–H and O–H groups in total. The second kappa shape index (κ2) is 8.21. The zero-order chi connectivity index (χ0) is 17.8. The van der Waals surface area contributed by atoms with Gasteiger partial charge in [-0.25, -0.2) is 4.98 Å². The lowest BCUT2D eigenvalue weighted by Crippen LogP contribution is -2.49. The number of imidazole rings is 1. The van der Waals surface area contributed by atoms with Gasteiger partial charge in [0.25, 0.3) is 0 Å². The van der Waals surface area contributed by atoms with E-state index in [-0.39, 0.29) is 0 Å². The molecule has 1 aromatic rings. The van der Waals surface area contributed by atoms with Crippen molar-refractivity contribution in [3.8, 4) is 0 Å². The molecule has 6 heteroatoms. The third-order valence-corrected chi connectivity index (χ3v) is 5.78. The van der Waals surface area contributed by atoms with E-state index < -0.39 is 0 Å². The Balaban J connectivity index is 1.65. The number of hydrogen-bond acceptors (Lipinski definition) is 3. The second-order valence-electron chi connectivity index (χ2n) is 7.73. The van der Waals surface area contributed by atoms with E-state index in [0.29, 0.717) is 18.0 Å². The number of guanidine groups is 1. The van der Waals surface area contributed by atoms with E-state index in [2.05, 4.69) is 58.7 Å². The van der Waals surface area contributed by atoms with Crippen molar-refractivity contribution >= 4 is 5.96 Å². The van der Waals surface area contributed by atoms with E-state index in [4.69, 9.17) is 4.99 Å². The van der Waals surface area contributed by atoms with E-state index >= 15 is 0 Å². The van der Waals surface area contributed by atoms with Crippen molar-refractivity contribution in [1.82, 2.24) is 24.7 Å². The van der Waals surface area contributed by atoms with Crippen LogP contribution < -0.4 is 5.32 Å². The van der Waals surface area contributed by atoms with Crippen molar-refractivity contribution in [1.29, 1.82) is 0 Å². The molecule has 140 valence electrons. The Labute approximate surface area is 152 Å². The van der Waals surface area contributed by atoms with Crippen molar-refractivity contribution < 1.29 is 0 Å². The maximum absolute atomic E-state index is 4.97. The third kappa shape index (κ3) is 4.54. The van der Waals surface area contributed by atoms with Crippen LogP contribution in [0.1, 0.15) is 46.1 Å². The molecule has 2 aliphatic rings. The molecule has 1 aliphatic carbocycles. The number of rotatable bonds is 6. The Morgan fingerprint density at radius 1 is 1.40 bits per heavy atom. The van der Waals surface area contributed by atoms with Crippen LogP contribution in [0.25, 0.3) is 0 Å². The molecule has 3 atom stereocenters. The molecule has 0 spiro atoms. The van der Waals surface area contributed by atoms with Crippen molar-refractivity contribution in [3.63, 3.8) is 0 Å². The molecule has 0 bridgehead atoms. The average Bonchev–Trinajstić information content (AvgIpc) is 3.33. The topological polar surface area (TPSA) is 48.7 Å². The first-order valence-corrected chi connectivity index (χ1v) is 9.82. The molecule has 0 radical (unpaired) electrons. The molecule has 6 nitrogen and oxygen atoms in total. The minimum atomic E-state index is 0.465. The summed E-state index contributed by atoms with van der Waals surface area (Å²) in [5, 5.41) is 3.50. The predicted molar refractivity (Wildman–Crippen MR) is 103 cm³/mol. The number of nitrogens with one attached hydrogen (secondary N) is 1. The highest BCUT2D eigenvalue weighted by molar-refractivity contribution is 5.80. The summed E-state index contributed by atoms with van der Waals surface area (Å²) >= 11 is 0. The number of aromatic nitrogens is 2. The van der Waals surface area contributed by atoms with Crippen molar-refractivity contribution in [2.75, 3.05) is 33.2 Å². The van der Waals surface area contributed by atoms with Gasteiger partial charge in [0.2, 0.25) is 0 Å². The fourth-order valence-electron chi connectivity index (χ4n) is 3.71. The highest BCUT2D eigenvalue weighted by Gasteiger charge is 2.30. The largest absolute Gasteiger partial charge is 0.357 e. The van der Waals surface area contributed by atoms with Gasteiger partial charge in [0, 0.05) is 44.1 Å². The zero-order valence-corrected chi connectivity index (χ0v) is 16.2. The highest BCUT2D eigenvalue weighted by Crippen LogP contribution is 2.28. The SMILES string of the molecule is CCNC(=NCC(C)N(C)C1CC1)N1CCC(C)C(n2ccnc2)C1. The summed E-state index contributed by atoms with van der Waals surface area (Å²) in [6.07, 6.45) is 9.79. The Hall–Kier alpha value is -1.56. The Morgan fingerprint density at radius 3 is 2.84 bits per heavy atom. The van der Waals surface area contributed by atoms with Crippen LogP contribution >= 0.6 is 0 Å². The van der Waals surface area contributed by atoms with Crippen LogP contribution in [0.4, 0.5) is 0 Å². The molecule has 1 saturated carbocycles. The van der Waals surface area contributed by atoms with Gasteiger partial charge in [0.1, 0.15) is 0 Å². The van der Waals surface area contributed by atoms with Crippen LogP contribution in [0.5, 0.6) is 0 Å². The molecule has 3 unspecified atom stereocenters. The summed E-state index contributed by atoms with van der Waals surface area (Å²) in [7, 11) is 2.24. The van der Waals surface area contributed by atoms with Gasteiger partial charge < -0.3 is 14.8 Å². The maximum atomic E-state index is 4.97. The molecular weight excluding hydrogens is 312 g/mol. The quantitative estimate of drug-likeness (QED) is 0.634. The molecular formula is C19H34N6. The Morgan fingerprint density at radius 2 is 2.20 bits per heavy atom. The lowest BCUT2D eigenvalue weighted by Gasteiger charge is -2.39. The van der Waals surface area contributed by atoms with Gasteiger partial charge in [0.15, 0.2) is 5.96 Å². The summed E-state index contributed by atoms with van der Waals surface area (Å²) in [5.74, 6) is 1.73. The lowest BCUT2D eigenvalue weighted by atomic mass is 9.93. The smallest absolute Gasteiger partial charge is 0.194 e. The van der Waals surface area contributed by atoms with Gasteiger partial charge in [-0.1, -0.05) is 6.92 Å². The molecule has 1 aromatic heterocycles. The van der Waals surface area contributed by atoms with E-state index in [1.807, 2.05) is 12.5 Å². The van der Waals surface area contributed by atoms with Crippen LogP contribution in [0.3, 0.4) is 0 Å².